The van der Waals surface area contributed by atoms with Gasteiger partial charge in [0, 0.05) is 6.20 Å². The zero-order valence-electron chi connectivity index (χ0n) is 17.7. The topological polar surface area (TPSA) is 79.7 Å². The van der Waals surface area contributed by atoms with E-state index in [1.807, 2.05) is 34.6 Å². The maximum absolute atomic E-state index is 12.4. The summed E-state index contributed by atoms with van der Waals surface area (Å²) in [7, 11) is 0. The summed E-state index contributed by atoms with van der Waals surface area (Å²) < 4.78 is 17.7. The van der Waals surface area contributed by atoms with E-state index < -0.39 is 17.0 Å². The molecule has 152 valence electrons. The second-order valence-electron chi connectivity index (χ2n) is 8.27. The van der Waals surface area contributed by atoms with Gasteiger partial charge in [0.15, 0.2) is 0 Å². The van der Waals surface area contributed by atoms with Crippen LogP contribution in [0.4, 0.5) is 0 Å². The quantitative estimate of drug-likeness (QED) is 0.636. The summed E-state index contributed by atoms with van der Waals surface area (Å²) >= 11 is 0. The van der Waals surface area contributed by atoms with E-state index in [0.29, 0.717) is 12.5 Å². The lowest BCUT2D eigenvalue weighted by atomic mass is 9.93. The molecule has 0 atom stereocenters. The van der Waals surface area contributed by atoms with Crippen molar-refractivity contribution in [1.82, 2.24) is 9.78 Å². The van der Waals surface area contributed by atoms with Crippen LogP contribution in [0.5, 0.6) is 5.88 Å². The average molecular weight is 380 g/mol. The summed E-state index contributed by atoms with van der Waals surface area (Å²) in [5.74, 6) is -0.292. The van der Waals surface area contributed by atoms with Crippen LogP contribution in [0.25, 0.3) is 6.20 Å². The van der Waals surface area contributed by atoms with Gasteiger partial charge in [0.1, 0.15) is 11.2 Å². The number of esters is 2. The molecule has 1 aromatic heterocycles. The molecular formula is C20H32N2O5. The molecule has 0 spiro atoms. The van der Waals surface area contributed by atoms with Crippen LogP contribution in [0.3, 0.4) is 0 Å². The van der Waals surface area contributed by atoms with E-state index >= 15 is 0 Å². The smallest absolute Gasteiger partial charge is 0.345 e. The highest BCUT2D eigenvalue weighted by molar-refractivity contribution is 5.92. The van der Waals surface area contributed by atoms with Crippen LogP contribution in [0.1, 0.15) is 65.7 Å². The molecule has 27 heavy (non-hydrogen) atoms. The van der Waals surface area contributed by atoms with Crippen molar-refractivity contribution < 1.29 is 23.8 Å². The summed E-state index contributed by atoms with van der Waals surface area (Å²) in [6, 6.07) is 0. The standard InChI is InChI=1S/C20H32N2O5/c1-9-25-17(23)15-12-21-22(16(15)26-13-14(2)3)11-10-20(7,8)18(24)27-19(4,5)6/h10-12,14H,9,13H2,1-8H3. The number of aromatic nitrogens is 2. The summed E-state index contributed by atoms with van der Waals surface area (Å²) in [5.41, 5.74) is -1.20. The molecule has 1 aromatic rings. The molecule has 0 saturated carbocycles. The number of carbonyl (C=O) groups is 2. The van der Waals surface area contributed by atoms with Crippen LogP contribution in [0, 0.1) is 11.3 Å². The molecule has 0 radical (unpaired) electrons. The predicted octanol–water partition coefficient (Wildman–Crippen LogP) is 3.93. The van der Waals surface area contributed by atoms with Gasteiger partial charge in [-0.15, -0.1) is 0 Å². The van der Waals surface area contributed by atoms with E-state index in [1.165, 1.54) is 10.9 Å². The second-order valence-corrected chi connectivity index (χ2v) is 8.27. The zero-order valence-corrected chi connectivity index (χ0v) is 17.7. The van der Waals surface area contributed by atoms with E-state index in [9.17, 15) is 9.59 Å². The molecule has 0 aromatic carbocycles. The highest BCUT2D eigenvalue weighted by Crippen LogP contribution is 2.26. The first-order chi connectivity index (χ1) is 12.4. The molecule has 1 rings (SSSR count). The van der Waals surface area contributed by atoms with Gasteiger partial charge < -0.3 is 14.2 Å². The molecule has 0 unspecified atom stereocenters. The molecule has 0 amide bonds. The van der Waals surface area contributed by atoms with Gasteiger partial charge in [-0.3, -0.25) is 4.79 Å². The molecule has 0 aliphatic heterocycles. The Hall–Kier alpha value is -2.31. The first kappa shape index (κ1) is 22.7. The Kier molecular flexibility index (Phi) is 7.63. The van der Waals surface area contributed by atoms with Gasteiger partial charge in [0.25, 0.3) is 0 Å². The summed E-state index contributed by atoms with van der Waals surface area (Å²) in [6.07, 6.45) is 4.67. The van der Waals surface area contributed by atoms with E-state index in [-0.39, 0.29) is 24.1 Å². The Morgan fingerprint density at radius 2 is 1.85 bits per heavy atom. The van der Waals surface area contributed by atoms with E-state index in [4.69, 9.17) is 14.2 Å². The second kappa shape index (κ2) is 9.06. The van der Waals surface area contributed by atoms with Crippen molar-refractivity contribution in [3.63, 3.8) is 0 Å². The maximum Gasteiger partial charge on any atom is 0.345 e. The van der Waals surface area contributed by atoms with Crippen LogP contribution in [-0.2, 0) is 14.3 Å². The van der Waals surface area contributed by atoms with Gasteiger partial charge in [-0.1, -0.05) is 13.8 Å². The van der Waals surface area contributed by atoms with E-state index in [1.54, 1.807) is 33.0 Å². The molecular weight excluding hydrogens is 348 g/mol. The SMILES string of the molecule is CCOC(=O)c1cnn(C=CC(C)(C)C(=O)OC(C)(C)C)c1OCC(C)C. The number of ether oxygens (including phenoxy) is 3. The molecule has 0 fully saturated rings. The first-order valence-corrected chi connectivity index (χ1v) is 9.17. The normalized spacial score (nSPS) is 12.5. The first-order valence-electron chi connectivity index (χ1n) is 9.17. The fourth-order valence-electron chi connectivity index (χ4n) is 1.93. The summed E-state index contributed by atoms with van der Waals surface area (Å²) in [4.78, 5) is 24.5. The molecule has 0 aliphatic carbocycles. The van der Waals surface area contributed by atoms with Crippen LogP contribution < -0.4 is 4.74 Å². The number of hydrogen-bond acceptors (Lipinski definition) is 6. The molecule has 0 aliphatic rings. The lowest BCUT2D eigenvalue weighted by Crippen LogP contribution is -2.32. The third-order valence-corrected chi connectivity index (χ3v) is 3.36. The number of carbonyl (C=O) groups excluding carboxylic acids is 2. The number of hydrogen-bond donors (Lipinski definition) is 0. The zero-order chi connectivity index (χ0) is 20.8. The minimum Gasteiger partial charge on any atom is -0.477 e. The lowest BCUT2D eigenvalue weighted by Gasteiger charge is -2.26. The Morgan fingerprint density at radius 3 is 2.37 bits per heavy atom. The van der Waals surface area contributed by atoms with Gasteiger partial charge in [-0.25, -0.2) is 9.48 Å². The van der Waals surface area contributed by atoms with Crippen molar-refractivity contribution in [3.05, 3.63) is 17.8 Å². The number of nitrogens with zero attached hydrogens (tertiary/aromatic N) is 2. The van der Waals surface area contributed by atoms with Crippen molar-refractivity contribution in [3.8, 4) is 5.88 Å². The summed E-state index contributed by atoms with van der Waals surface area (Å²) in [5, 5.41) is 4.19. The van der Waals surface area contributed by atoms with Crippen LogP contribution in [-0.4, -0.2) is 40.5 Å². The van der Waals surface area contributed by atoms with Crippen LogP contribution in [0.15, 0.2) is 12.3 Å². The van der Waals surface area contributed by atoms with Gasteiger partial charge in [0.2, 0.25) is 5.88 Å². The minimum atomic E-state index is -0.876. The van der Waals surface area contributed by atoms with Crippen molar-refractivity contribution in [1.29, 1.82) is 0 Å². The van der Waals surface area contributed by atoms with Gasteiger partial charge >= 0.3 is 11.9 Å². The van der Waals surface area contributed by atoms with Gasteiger partial charge in [-0.05, 0) is 53.5 Å². The Labute approximate surface area is 161 Å². The lowest BCUT2D eigenvalue weighted by molar-refractivity contribution is -0.162. The molecule has 0 bridgehead atoms. The largest absolute Gasteiger partial charge is 0.477 e. The van der Waals surface area contributed by atoms with Gasteiger partial charge in [0.05, 0.1) is 24.8 Å². The fraction of sp³-hybridized carbons (Fsp3) is 0.650. The van der Waals surface area contributed by atoms with Crippen LogP contribution in [0.2, 0.25) is 0 Å². The average Bonchev–Trinajstić information content (AvgIpc) is 2.92. The third-order valence-electron chi connectivity index (χ3n) is 3.36. The number of rotatable bonds is 8. The Bertz CT molecular complexity index is 681. The highest BCUT2D eigenvalue weighted by Gasteiger charge is 2.30. The Morgan fingerprint density at radius 1 is 1.22 bits per heavy atom. The van der Waals surface area contributed by atoms with Crippen molar-refractivity contribution >= 4 is 18.1 Å². The molecule has 0 N–H and O–H groups in total. The van der Waals surface area contributed by atoms with Gasteiger partial charge in [-0.2, -0.15) is 5.10 Å². The molecule has 1 heterocycles. The summed E-state index contributed by atoms with van der Waals surface area (Å²) in [6.45, 7) is 15.4. The predicted molar refractivity (Wildman–Crippen MR) is 103 cm³/mol. The van der Waals surface area contributed by atoms with E-state index in [0.717, 1.165) is 0 Å². The molecule has 7 nitrogen and oxygen atoms in total. The van der Waals surface area contributed by atoms with E-state index in [2.05, 4.69) is 5.10 Å². The minimum absolute atomic E-state index is 0.247. The Balaban J connectivity index is 3.11. The van der Waals surface area contributed by atoms with Crippen molar-refractivity contribution in [2.75, 3.05) is 13.2 Å². The maximum atomic E-state index is 12.4. The van der Waals surface area contributed by atoms with Crippen molar-refractivity contribution in [2.45, 2.75) is 61.0 Å². The molecule has 0 saturated heterocycles. The van der Waals surface area contributed by atoms with Crippen LogP contribution >= 0.6 is 0 Å². The highest BCUT2D eigenvalue weighted by atomic mass is 16.6. The fourth-order valence-corrected chi connectivity index (χ4v) is 1.93. The third kappa shape index (κ3) is 7.07. The monoisotopic (exact) mass is 380 g/mol. The molecule has 7 heteroatoms. The van der Waals surface area contributed by atoms with Crippen molar-refractivity contribution in [2.24, 2.45) is 11.3 Å².